The Labute approximate surface area is 119 Å². The second-order valence-corrected chi connectivity index (χ2v) is 5.20. The van der Waals surface area contributed by atoms with E-state index < -0.39 is 4.92 Å². The van der Waals surface area contributed by atoms with Gasteiger partial charge in [-0.1, -0.05) is 17.8 Å². The van der Waals surface area contributed by atoms with Gasteiger partial charge < -0.3 is 0 Å². The maximum atomic E-state index is 11.0. The summed E-state index contributed by atoms with van der Waals surface area (Å²) in [4.78, 5) is 19.1. The highest BCUT2D eigenvalue weighted by molar-refractivity contribution is 7.99. The van der Waals surface area contributed by atoms with Crippen LogP contribution in [0.4, 0.5) is 11.6 Å². The van der Waals surface area contributed by atoms with Gasteiger partial charge in [0.2, 0.25) is 5.95 Å². The molecule has 0 saturated carbocycles. The molecule has 2 rings (SSSR count). The van der Waals surface area contributed by atoms with Crippen LogP contribution in [0.25, 0.3) is 0 Å². The second kappa shape index (κ2) is 5.85. The standard InChI is InChI=1S/C12H13N5O2S/c1-7-3-4-9(5-8(7)2)20-11-10(17(18)19)6-14-12(15-11)16-13/h3-6H,13H2,1-2H3,(H,14,15,16). The molecule has 1 heterocycles. The first-order valence-electron chi connectivity index (χ1n) is 5.74. The van der Waals surface area contributed by atoms with Crippen molar-refractivity contribution >= 4 is 23.4 Å². The van der Waals surface area contributed by atoms with Gasteiger partial charge in [0.25, 0.3) is 0 Å². The Hall–Kier alpha value is -2.19. The van der Waals surface area contributed by atoms with Crippen LogP contribution in [-0.2, 0) is 0 Å². The van der Waals surface area contributed by atoms with E-state index in [1.807, 2.05) is 32.0 Å². The van der Waals surface area contributed by atoms with E-state index >= 15 is 0 Å². The first kappa shape index (κ1) is 14.2. The molecule has 8 heteroatoms. The number of nitro groups is 1. The van der Waals surface area contributed by atoms with E-state index in [1.54, 1.807) is 0 Å². The van der Waals surface area contributed by atoms with Crippen LogP contribution in [0.5, 0.6) is 0 Å². The van der Waals surface area contributed by atoms with E-state index in [4.69, 9.17) is 5.84 Å². The van der Waals surface area contributed by atoms with Crippen molar-refractivity contribution in [3.8, 4) is 0 Å². The predicted molar refractivity (Wildman–Crippen MR) is 76.5 cm³/mol. The highest BCUT2D eigenvalue weighted by atomic mass is 32.2. The van der Waals surface area contributed by atoms with Crippen LogP contribution < -0.4 is 11.3 Å². The summed E-state index contributed by atoms with van der Waals surface area (Å²) < 4.78 is 0. The molecule has 104 valence electrons. The molecule has 0 atom stereocenters. The van der Waals surface area contributed by atoms with Gasteiger partial charge in [0.05, 0.1) is 4.92 Å². The van der Waals surface area contributed by atoms with Crippen molar-refractivity contribution in [1.82, 2.24) is 9.97 Å². The van der Waals surface area contributed by atoms with E-state index in [-0.39, 0.29) is 16.7 Å². The monoisotopic (exact) mass is 291 g/mol. The van der Waals surface area contributed by atoms with E-state index in [0.29, 0.717) is 0 Å². The van der Waals surface area contributed by atoms with Gasteiger partial charge in [0.15, 0.2) is 5.03 Å². The largest absolute Gasteiger partial charge is 0.320 e. The SMILES string of the molecule is Cc1ccc(Sc2nc(NN)ncc2[N+](=O)[O-])cc1C. The van der Waals surface area contributed by atoms with Crippen molar-refractivity contribution in [1.29, 1.82) is 0 Å². The highest BCUT2D eigenvalue weighted by Gasteiger charge is 2.18. The molecule has 0 spiro atoms. The fourth-order valence-corrected chi connectivity index (χ4v) is 2.48. The zero-order valence-corrected chi connectivity index (χ0v) is 11.8. The normalized spacial score (nSPS) is 10.3. The average Bonchev–Trinajstić information content (AvgIpc) is 2.42. The minimum atomic E-state index is -0.510. The number of nitrogens with two attached hydrogens (primary N) is 1. The topological polar surface area (TPSA) is 107 Å². The summed E-state index contributed by atoms with van der Waals surface area (Å²) in [5.41, 5.74) is 4.41. The molecule has 7 nitrogen and oxygen atoms in total. The Morgan fingerprint density at radius 2 is 2.10 bits per heavy atom. The summed E-state index contributed by atoms with van der Waals surface area (Å²) in [6.07, 6.45) is 1.14. The number of hydrogen-bond acceptors (Lipinski definition) is 7. The average molecular weight is 291 g/mol. The lowest BCUT2D eigenvalue weighted by Crippen LogP contribution is -2.11. The van der Waals surface area contributed by atoms with E-state index in [2.05, 4.69) is 15.4 Å². The van der Waals surface area contributed by atoms with Crippen LogP contribution in [0, 0.1) is 24.0 Å². The second-order valence-electron chi connectivity index (χ2n) is 4.13. The van der Waals surface area contributed by atoms with Crippen LogP contribution in [0.3, 0.4) is 0 Å². The van der Waals surface area contributed by atoms with Gasteiger partial charge in [-0.2, -0.15) is 4.98 Å². The molecule has 0 aliphatic carbocycles. The van der Waals surface area contributed by atoms with E-state index in [0.717, 1.165) is 22.2 Å². The summed E-state index contributed by atoms with van der Waals surface area (Å²) >= 11 is 1.21. The van der Waals surface area contributed by atoms with Gasteiger partial charge in [-0.3, -0.25) is 15.5 Å². The van der Waals surface area contributed by atoms with Gasteiger partial charge in [-0.15, -0.1) is 0 Å². The Balaban J connectivity index is 2.40. The Bertz CT molecular complexity index is 662. The number of nitrogens with zero attached hydrogens (tertiary/aromatic N) is 3. The molecule has 0 radical (unpaired) electrons. The number of nitrogen functional groups attached to an aromatic ring is 1. The zero-order valence-electron chi connectivity index (χ0n) is 11.0. The molecular weight excluding hydrogens is 278 g/mol. The zero-order chi connectivity index (χ0) is 14.7. The third-order valence-electron chi connectivity index (χ3n) is 2.75. The highest BCUT2D eigenvalue weighted by Crippen LogP contribution is 2.33. The Morgan fingerprint density at radius 1 is 1.35 bits per heavy atom. The number of rotatable bonds is 4. The third kappa shape index (κ3) is 3.03. The fourth-order valence-electron chi connectivity index (χ4n) is 1.52. The molecule has 0 amide bonds. The molecule has 3 N–H and O–H groups in total. The lowest BCUT2D eigenvalue weighted by atomic mass is 10.1. The molecule has 0 aliphatic heterocycles. The van der Waals surface area contributed by atoms with E-state index in [9.17, 15) is 10.1 Å². The molecule has 0 unspecified atom stereocenters. The van der Waals surface area contributed by atoms with Gasteiger partial charge in [-0.25, -0.2) is 10.8 Å². The lowest BCUT2D eigenvalue weighted by Gasteiger charge is -2.06. The lowest BCUT2D eigenvalue weighted by molar-refractivity contribution is -0.388. The Morgan fingerprint density at radius 3 is 2.70 bits per heavy atom. The summed E-state index contributed by atoms with van der Waals surface area (Å²) in [6.45, 7) is 3.99. The minimum absolute atomic E-state index is 0.141. The number of hydrogen-bond donors (Lipinski definition) is 2. The van der Waals surface area contributed by atoms with Gasteiger partial charge in [0, 0.05) is 4.90 Å². The summed E-state index contributed by atoms with van der Waals surface area (Å²) in [5, 5.41) is 11.2. The van der Waals surface area contributed by atoms with Crippen molar-refractivity contribution in [3.63, 3.8) is 0 Å². The molecule has 0 fully saturated rings. The van der Waals surface area contributed by atoms with Crippen molar-refractivity contribution < 1.29 is 4.92 Å². The van der Waals surface area contributed by atoms with Crippen LogP contribution >= 0.6 is 11.8 Å². The van der Waals surface area contributed by atoms with Crippen LogP contribution in [0.2, 0.25) is 0 Å². The smallest absolute Gasteiger partial charge is 0.292 e. The minimum Gasteiger partial charge on any atom is -0.292 e. The van der Waals surface area contributed by atoms with Crippen molar-refractivity contribution in [2.75, 3.05) is 5.43 Å². The van der Waals surface area contributed by atoms with Crippen molar-refractivity contribution in [3.05, 3.63) is 45.6 Å². The molecule has 1 aromatic carbocycles. The Kier molecular flexibility index (Phi) is 4.16. The number of nitrogens with one attached hydrogen (secondary N) is 1. The maximum absolute atomic E-state index is 11.0. The van der Waals surface area contributed by atoms with Gasteiger partial charge in [-0.05, 0) is 37.1 Å². The molecule has 0 aliphatic rings. The number of benzene rings is 1. The first-order valence-corrected chi connectivity index (χ1v) is 6.56. The van der Waals surface area contributed by atoms with Crippen molar-refractivity contribution in [2.24, 2.45) is 5.84 Å². The molecule has 2 aromatic rings. The van der Waals surface area contributed by atoms with E-state index in [1.165, 1.54) is 11.8 Å². The summed E-state index contributed by atoms with van der Waals surface area (Å²) in [5.74, 6) is 5.37. The summed E-state index contributed by atoms with van der Waals surface area (Å²) in [6, 6.07) is 5.82. The van der Waals surface area contributed by atoms with Gasteiger partial charge in [0.1, 0.15) is 6.20 Å². The summed E-state index contributed by atoms with van der Waals surface area (Å²) in [7, 11) is 0. The predicted octanol–water partition coefficient (Wildman–Crippen LogP) is 2.44. The van der Waals surface area contributed by atoms with Crippen LogP contribution in [-0.4, -0.2) is 14.9 Å². The molecule has 1 aromatic heterocycles. The number of hydrazine groups is 1. The van der Waals surface area contributed by atoms with Gasteiger partial charge >= 0.3 is 5.69 Å². The number of aromatic nitrogens is 2. The molecule has 20 heavy (non-hydrogen) atoms. The first-order chi connectivity index (χ1) is 9.51. The van der Waals surface area contributed by atoms with Crippen molar-refractivity contribution in [2.45, 2.75) is 23.8 Å². The fraction of sp³-hybridized carbons (Fsp3) is 0.167. The molecular formula is C12H13N5O2S. The van der Waals surface area contributed by atoms with Crippen LogP contribution in [0.15, 0.2) is 34.3 Å². The third-order valence-corrected chi connectivity index (χ3v) is 3.74. The van der Waals surface area contributed by atoms with Crippen LogP contribution in [0.1, 0.15) is 11.1 Å². The maximum Gasteiger partial charge on any atom is 0.320 e. The molecule has 0 saturated heterocycles. The molecule has 0 bridgehead atoms. The number of anilines is 1. The quantitative estimate of drug-likeness (QED) is 0.385. The number of aryl methyl sites for hydroxylation is 2.